The number of thiophene rings is 1. The van der Waals surface area contributed by atoms with Crippen molar-refractivity contribution in [1.82, 2.24) is 9.88 Å². The van der Waals surface area contributed by atoms with Crippen LogP contribution in [0.1, 0.15) is 16.8 Å². The van der Waals surface area contributed by atoms with Gasteiger partial charge in [0.25, 0.3) is 5.91 Å². The van der Waals surface area contributed by atoms with Crippen molar-refractivity contribution in [1.29, 1.82) is 0 Å². The smallest absolute Gasteiger partial charge is 0.254 e. The van der Waals surface area contributed by atoms with Gasteiger partial charge in [-0.1, -0.05) is 24.3 Å². The number of carbonyl (C=O) groups is 1. The summed E-state index contributed by atoms with van der Waals surface area (Å²) in [6, 6.07) is 13.7. The number of benzene rings is 1. The molecule has 1 amide bonds. The van der Waals surface area contributed by atoms with Gasteiger partial charge in [-0.2, -0.15) is 0 Å². The first-order valence-electron chi connectivity index (χ1n) is 8.10. The molecular weight excluding hydrogens is 320 g/mol. The van der Waals surface area contributed by atoms with E-state index in [4.69, 9.17) is 4.98 Å². The van der Waals surface area contributed by atoms with Crippen molar-refractivity contribution in [2.75, 3.05) is 19.7 Å². The maximum atomic E-state index is 13.1. The van der Waals surface area contributed by atoms with Crippen LogP contribution in [0.15, 0.2) is 47.8 Å². The van der Waals surface area contributed by atoms with Crippen LogP contribution >= 0.6 is 11.3 Å². The molecule has 2 aromatic heterocycles. The Morgan fingerprint density at radius 3 is 2.92 bits per heavy atom. The molecule has 3 heterocycles. The zero-order chi connectivity index (χ0) is 16.5. The Kier molecular flexibility index (Phi) is 4.04. The molecule has 24 heavy (non-hydrogen) atoms. The number of rotatable bonds is 3. The van der Waals surface area contributed by atoms with Gasteiger partial charge in [-0.3, -0.25) is 4.79 Å². The minimum absolute atomic E-state index is 0.0300. The summed E-state index contributed by atoms with van der Waals surface area (Å²) in [5.74, 6) is 0.223. The van der Waals surface area contributed by atoms with Crippen LogP contribution in [0, 0.1) is 5.92 Å². The Hall–Kier alpha value is -2.24. The second kappa shape index (κ2) is 6.34. The molecule has 1 saturated heterocycles. The SMILES string of the molecule is O=C(c1cc(-c2cccs2)nc2ccccc12)N1CCC(CO)C1. The van der Waals surface area contributed by atoms with E-state index in [1.807, 2.05) is 52.7 Å². The van der Waals surface area contributed by atoms with E-state index in [-0.39, 0.29) is 18.4 Å². The first-order chi connectivity index (χ1) is 11.8. The first kappa shape index (κ1) is 15.3. The van der Waals surface area contributed by atoms with Crippen LogP contribution < -0.4 is 0 Å². The van der Waals surface area contributed by atoms with E-state index in [0.29, 0.717) is 18.7 Å². The number of amides is 1. The molecule has 1 aliphatic heterocycles. The monoisotopic (exact) mass is 338 g/mol. The Labute approximate surface area is 144 Å². The van der Waals surface area contributed by atoms with E-state index in [2.05, 4.69) is 0 Å². The van der Waals surface area contributed by atoms with Crippen LogP contribution in [0.5, 0.6) is 0 Å². The molecule has 122 valence electrons. The molecule has 1 aliphatic rings. The number of carbonyl (C=O) groups excluding carboxylic acids is 1. The van der Waals surface area contributed by atoms with Crippen molar-refractivity contribution in [2.45, 2.75) is 6.42 Å². The third kappa shape index (κ3) is 2.70. The largest absolute Gasteiger partial charge is 0.396 e. The van der Waals surface area contributed by atoms with Gasteiger partial charge in [-0.05, 0) is 30.0 Å². The Morgan fingerprint density at radius 2 is 2.17 bits per heavy atom. The average molecular weight is 338 g/mol. The Morgan fingerprint density at radius 1 is 1.29 bits per heavy atom. The topological polar surface area (TPSA) is 53.4 Å². The summed E-state index contributed by atoms with van der Waals surface area (Å²) in [7, 11) is 0. The number of likely N-dealkylation sites (tertiary alicyclic amines) is 1. The minimum atomic E-state index is 0.0300. The molecule has 0 spiro atoms. The zero-order valence-electron chi connectivity index (χ0n) is 13.2. The first-order valence-corrected chi connectivity index (χ1v) is 8.98. The third-order valence-electron chi connectivity index (χ3n) is 4.55. The lowest BCUT2D eigenvalue weighted by Crippen LogP contribution is -2.29. The summed E-state index contributed by atoms with van der Waals surface area (Å²) in [5, 5.41) is 12.2. The van der Waals surface area contributed by atoms with Crippen LogP contribution in [-0.4, -0.2) is 40.6 Å². The highest BCUT2D eigenvalue weighted by molar-refractivity contribution is 7.13. The maximum Gasteiger partial charge on any atom is 0.254 e. The van der Waals surface area contributed by atoms with E-state index in [9.17, 15) is 9.90 Å². The second-order valence-corrected chi connectivity index (χ2v) is 7.09. The molecule has 1 N–H and O–H groups in total. The molecular formula is C19H18N2O2S. The van der Waals surface area contributed by atoms with E-state index in [1.54, 1.807) is 11.3 Å². The highest BCUT2D eigenvalue weighted by Gasteiger charge is 2.27. The predicted octanol–water partition coefficient (Wildman–Crippen LogP) is 3.42. The van der Waals surface area contributed by atoms with E-state index in [0.717, 1.165) is 27.9 Å². The number of para-hydroxylation sites is 1. The fraction of sp³-hybridized carbons (Fsp3) is 0.263. The van der Waals surface area contributed by atoms with Gasteiger partial charge in [0.05, 0.1) is 21.7 Å². The van der Waals surface area contributed by atoms with Gasteiger partial charge in [0.2, 0.25) is 0 Å². The van der Waals surface area contributed by atoms with Crippen molar-refractivity contribution < 1.29 is 9.90 Å². The van der Waals surface area contributed by atoms with Crippen molar-refractivity contribution in [3.63, 3.8) is 0 Å². The van der Waals surface area contributed by atoms with Crippen molar-refractivity contribution >= 4 is 28.1 Å². The number of hydrogen-bond donors (Lipinski definition) is 1. The number of nitrogens with zero attached hydrogens (tertiary/aromatic N) is 2. The number of aromatic nitrogens is 1. The molecule has 1 aromatic carbocycles. The molecule has 4 rings (SSSR count). The van der Waals surface area contributed by atoms with Crippen LogP contribution in [0.25, 0.3) is 21.5 Å². The number of aliphatic hydroxyl groups excluding tert-OH is 1. The van der Waals surface area contributed by atoms with Crippen molar-refractivity contribution in [3.8, 4) is 10.6 Å². The van der Waals surface area contributed by atoms with Gasteiger partial charge < -0.3 is 10.0 Å². The molecule has 3 aromatic rings. The zero-order valence-corrected chi connectivity index (χ0v) is 14.0. The third-order valence-corrected chi connectivity index (χ3v) is 5.44. The van der Waals surface area contributed by atoms with Crippen LogP contribution in [0.4, 0.5) is 0 Å². The van der Waals surface area contributed by atoms with Gasteiger partial charge in [0, 0.05) is 31.0 Å². The Bertz CT molecular complexity index is 876. The van der Waals surface area contributed by atoms with Crippen LogP contribution in [0.2, 0.25) is 0 Å². The summed E-state index contributed by atoms with van der Waals surface area (Å²) in [4.78, 5) is 20.7. The molecule has 5 heteroatoms. The minimum Gasteiger partial charge on any atom is -0.396 e. The van der Waals surface area contributed by atoms with Crippen molar-refractivity contribution in [2.24, 2.45) is 5.92 Å². The molecule has 0 saturated carbocycles. The van der Waals surface area contributed by atoms with Gasteiger partial charge in [0.1, 0.15) is 0 Å². The maximum absolute atomic E-state index is 13.1. The van der Waals surface area contributed by atoms with Gasteiger partial charge in [0.15, 0.2) is 0 Å². The summed E-state index contributed by atoms with van der Waals surface area (Å²) in [6.07, 6.45) is 0.864. The molecule has 0 bridgehead atoms. The fourth-order valence-electron chi connectivity index (χ4n) is 3.24. The van der Waals surface area contributed by atoms with E-state index >= 15 is 0 Å². The van der Waals surface area contributed by atoms with Gasteiger partial charge in [-0.15, -0.1) is 11.3 Å². The lowest BCUT2D eigenvalue weighted by Gasteiger charge is -2.18. The predicted molar refractivity (Wildman–Crippen MR) is 96.2 cm³/mol. The summed E-state index contributed by atoms with van der Waals surface area (Å²) in [5.41, 5.74) is 2.37. The van der Waals surface area contributed by atoms with Crippen molar-refractivity contribution in [3.05, 3.63) is 53.4 Å². The number of fused-ring (bicyclic) bond motifs is 1. The molecule has 4 nitrogen and oxygen atoms in total. The number of pyridine rings is 1. The molecule has 1 fully saturated rings. The second-order valence-electron chi connectivity index (χ2n) is 6.14. The van der Waals surface area contributed by atoms with E-state index in [1.165, 1.54) is 0 Å². The standard InChI is InChI=1S/C19H18N2O2S/c22-12-13-7-8-21(11-13)19(23)15-10-17(18-6-3-9-24-18)20-16-5-2-1-4-14(15)16/h1-6,9-10,13,22H,7-8,11-12H2. The van der Waals surface area contributed by atoms with E-state index < -0.39 is 0 Å². The number of aliphatic hydroxyl groups is 1. The normalized spacial score (nSPS) is 17.5. The summed E-state index contributed by atoms with van der Waals surface area (Å²) >= 11 is 1.62. The highest BCUT2D eigenvalue weighted by Crippen LogP contribution is 2.29. The molecule has 1 atom stereocenters. The summed E-state index contributed by atoms with van der Waals surface area (Å²) < 4.78 is 0. The van der Waals surface area contributed by atoms with Gasteiger partial charge >= 0.3 is 0 Å². The lowest BCUT2D eigenvalue weighted by molar-refractivity contribution is 0.0784. The average Bonchev–Trinajstić information content (AvgIpc) is 3.31. The fourth-order valence-corrected chi connectivity index (χ4v) is 3.93. The number of hydrogen-bond acceptors (Lipinski definition) is 4. The Balaban J connectivity index is 1.80. The van der Waals surface area contributed by atoms with Crippen LogP contribution in [-0.2, 0) is 0 Å². The lowest BCUT2D eigenvalue weighted by atomic mass is 10.1. The van der Waals surface area contributed by atoms with Crippen LogP contribution in [0.3, 0.4) is 0 Å². The van der Waals surface area contributed by atoms with Gasteiger partial charge in [-0.25, -0.2) is 4.98 Å². The molecule has 0 radical (unpaired) electrons. The quantitative estimate of drug-likeness (QED) is 0.796. The highest BCUT2D eigenvalue weighted by atomic mass is 32.1. The molecule has 0 aliphatic carbocycles. The summed E-state index contributed by atoms with van der Waals surface area (Å²) in [6.45, 7) is 1.47. The molecule has 1 unspecified atom stereocenters.